The summed E-state index contributed by atoms with van der Waals surface area (Å²) in [6.07, 6.45) is 0. The van der Waals surface area contributed by atoms with E-state index in [0.717, 1.165) is 73.3 Å². The lowest BCUT2D eigenvalue weighted by atomic mass is 9.34. The maximum absolute atomic E-state index is 7.10. The molecule has 51 heavy (non-hydrogen) atoms. The van der Waals surface area contributed by atoms with Crippen LogP contribution >= 0.6 is 0 Å². The van der Waals surface area contributed by atoms with Gasteiger partial charge >= 0.3 is 0 Å². The predicted octanol–water partition coefficient (Wildman–Crippen LogP) is 9.02. The molecule has 7 aromatic carbocycles. The second-order valence-electron chi connectivity index (χ2n) is 13.1. The average Bonchev–Trinajstić information content (AvgIpc) is 3.74. The maximum atomic E-state index is 7.10. The minimum atomic E-state index is -0.00610. The Bertz CT molecular complexity index is 2790. The van der Waals surface area contributed by atoms with Gasteiger partial charge in [-0.05, 0) is 64.9 Å². The Kier molecular flexibility index (Phi) is 5.98. The standard InChI is InChI=1S/C45H29BN4O/c1-4-16-30(17-5-1)42-43(31-18-6-2-7-19-31)50-37-26-14-13-25-36(37)49(45(50)47-42)39-29-28-38-41-44(39)51-40-27-15-11-23-34(40)46(41)33-22-10-12-24-35(33)48(38)32-20-8-3-9-21-32/h1-29H. The van der Waals surface area contributed by atoms with Gasteiger partial charge in [0.2, 0.25) is 5.78 Å². The van der Waals surface area contributed by atoms with Gasteiger partial charge in [-0.25, -0.2) is 4.98 Å². The van der Waals surface area contributed by atoms with Crippen LogP contribution < -0.4 is 26.0 Å². The second kappa shape index (κ2) is 10.9. The molecule has 0 bridgehead atoms. The highest BCUT2D eigenvalue weighted by molar-refractivity contribution is 6.99. The fraction of sp³-hybridized carbons (Fsp3) is 0. The lowest BCUT2D eigenvalue weighted by Gasteiger charge is -2.40. The summed E-state index contributed by atoms with van der Waals surface area (Å²) < 4.78 is 11.7. The number of nitrogens with zero attached hydrogens (tertiary/aromatic N) is 4. The molecule has 0 fully saturated rings. The highest BCUT2D eigenvalue weighted by Crippen LogP contribution is 2.45. The molecule has 11 rings (SSSR count). The first-order valence-electron chi connectivity index (χ1n) is 17.4. The summed E-state index contributed by atoms with van der Waals surface area (Å²) in [4.78, 5) is 7.88. The zero-order valence-electron chi connectivity index (χ0n) is 27.5. The van der Waals surface area contributed by atoms with Crippen molar-refractivity contribution in [1.29, 1.82) is 0 Å². The molecule has 9 aromatic rings. The van der Waals surface area contributed by atoms with E-state index in [-0.39, 0.29) is 6.71 Å². The van der Waals surface area contributed by atoms with Crippen LogP contribution in [-0.2, 0) is 0 Å². The smallest absolute Gasteiger partial charge is 0.256 e. The Morgan fingerprint density at radius 1 is 0.490 bits per heavy atom. The van der Waals surface area contributed by atoms with Crippen LogP contribution in [0.5, 0.6) is 11.5 Å². The Hall–Kier alpha value is -6.79. The molecule has 0 spiro atoms. The zero-order valence-corrected chi connectivity index (χ0v) is 27.5. The van der Waals surface area contributed by atoms with Crippen LogP contribution in [0.25, 0.3) is 45.0 Å². The lowest BCUT2D eigenvalue weighted by molar-refractivity contribution is 0.485. The highest BCUT2D eigenvalue weighted by Gasteiger charge is 2.43. The summed E-state index contributed by atoms with van der Waals surface area (Å²) in [5, 5.41) is 0. The van der Waals surface area contributed by atoms with Gasteiger partial charge in [0.05, 0.1) is 28.1 Å². The Morgan fingerprint density at radius 3 is 1.88 bits per heavy atom. The molecule has 2 aliphatic heterocycles. The van der Waals surface area contributed by atoms with E-state index in [4.69, 9.17) is 9.72 Å². The van der Waals surface area contributed by atoms with E-state index in [0.29, 0.717) is 0 Å². The topological polar surface area (TPSA) is 34.7 Å². The van der Waals surface area contributed by atoms with Gasteiger partial charge in [-0.15, -0.1) is 0 Å². The highest BCUT2D eigenvalue weighted by atomic mass is 16.5. The van der Waals surface area contributed by atoms with Crippen molar-refractivity contribution in [3.05, 3.63) is 176 Å². The summed E-state index contributed by atoms with van der Waals surface area (Å²) >= 11 is 0. The van der Waals surface area contributed by atoms with E-state index in [1.165, 1.54) is 16.6 Å². The van der Waals surface area contributed by atoms with Crippen LogP contribution in [0.2, 0.25) is 0 Å². The Balaban J connectivity index is 1.26. The largest absolute Gasteiger partial charge is 0.456 e. The van der Waals surface area contributed by atoms with Gasteiger partial charge in [-0.2, -0.15) is 0 Å². The number of imidazole rings is 2. The Labute approximate surface area is 295 Å². The van der Waals surface area contributed by atoms with Crippen LogP contribution in [0, 0.1) is 0 Å². The third-order valence-corrected chi connectivity index (χ3v) is 10.4. The van der Waals surface area contributed by atoms with Crippen molar-refractivity contribution in [2.24, 2.45) is 0 Å². The van der Waals surface area contributed by atoms with Crippen molar-refractivity contribution in [2.45, 2.75) is 0 Å². The third kappa shape index (κ3) is 4.02. The molecule has 0 amide bonds. The van der Waals surface area contributed by atoms with E-state index < -0.39 is 0 Å². The molecule has 2 aliphatic rings. The predicted molar refractivity (Wildman–Crippen MR) is 209 cm³/mol. The first-order chi connectivity index (χ1) is 25.3. The first kappa shape index (κ1) is 28.1. The van der Waals surface area contributed by atoms with Crippen LogP contribution in [0.15, 0.2) is 176 Å². The summed E-state index contributed by atoms with van der Waals surface area (Å²) in [6.45, 7) is -0.00610. The molecule has 0 unspecified atom stereocenters. The summed E-state index contributed by atoms with van der Waals surface area (Å²) in [5.41, 5.74) is 14.3. The van der Waals surface area contributed by atoms with Crippen molar-refractivity contribution < 1.29 is 4.74 Å². The molecular formula is C45H29BN4O. The van der Waals surface area contributed by atoms with Gasteiger partial charge < -0.3 is 9.64 Å². The molecule has 0 atom stereocenters. The van der Waals surface area contributed by atoms with Crippen LogP contribution in [0.1, 0.15) is 0 Å². The van der Waals surface area contributed by atoms with E-state index >= 15 is 0 Å². The van der Waals surface area contributed by atoms with Crippen LogP contribution in [-0.4, -0.2) is 20.7 Å². The molecule has 0 radical (unpaired) electrons. The molecule has 0 N–H and O–H groups in total. The fourth-order valence-electron chi connectivity index (χ4n) is 8.29. The molecule has 5 nitrogen and oxygen atoms in total. The van der Waals surface area contributed by atoms with E-state index in [2.05, 4.69) is 190 Å². The number of benzene rings is 7. The van der Waals surface area contributed by atoms with Crippen molar-refractivity contribution in [3.8, 4) is 39.7 Å². The monoisotopic (exact) mass is 652 g/mol. The molecule has 4 heterocycles. The van der Waals surface area contributed by atoms with Crippen molar-refractivity contribution in [2.75, 3.05) is 4.90 Å². The molecular weight excluding hydrogens is 623 g/mol. The second-order valence-corrected chi connectivity index (χ2v) is 13.1. The van der Waals surface area contributed by atoms with Crippen molar-refractivity contribution >= 4 is 57.0 Å². The number of anilines is 3. The summed E-state index contributed by atoms with van der Waals surface area (Å²) in [5.74, 6) is 2.56. The molecule has 0 saturated heterocycles. The molecule has 238 valence electrons. The average molecular weight is 653 g/mol. The number of aromatic nitrogens is 3. The van der Waals surface area contributed by atoms with Gasteiger partial charge in [0.1, 0.15) is 11.5 Å². The number of hydrogen-bond acceptors (Lipinski definition) is 3. The van der Waals surface area contributed by atoms with Gasteiger partial charge in [-0.1, -0.05) is 127 Å². The van der Waals surface area contributed by atoms with Gasteiger partial charge in [0.15, 0.2) is 0 Å². The van der Waals surface area contributed by atoms with Crippen LogP contribution in [0.3, 0.4) is 0 Å². The SMILES string of the molecule is c1ccc(-c2nc3n(-c4ccc5c6c4Oc4ccccc4B6c4ccccc4N5c4ccccc4)c4ccccc4n3c2-c2ccccc2)cc1. The minimum Gasteiger partial charge on any atom is -0.456 e. The zero-order chi connectivity index (χ0) is 33.5. The normalized spacial score (nSPS) is 12.8. The number of para-hydroxylation sites is 5. The van der Waals surface area contributed by atoms with E-state index in [9.17, 15) is 0 Å². The quantitative estimate of drug-likeness (QED) is 0.178. The third-order valence-electron chi connectivity index (χ3n) is 10.4. The van der Waals surface area contributed by atoms with E-state index in [1.54, 1.807) is 0 Å². The fourth-order valence-corrected chi connectivity index (χ4v) is 8.29. The number of fused-ring (bicyclic) bond motifs is 7. The molecule has 2 aromatic heterocycles. The Morgan fingerprint density at radius 2 is 1.10 bits per heavy atom. The summed E-state index contributed by atoms with van der Waals surface area (Å²) in [6, 6.07) is 62.1. The summed E-state index contributed by atoms with van der Waals surface area (Å²) in [7, 11) is 0. The van der Waals surface area contributed by atoms with Crippen LogP contribution in [0.4, 0.5) is 17.1 Å². The molecule has 6 heteroatoms. The maximum Gasteiger partial charge on any atom is 0.256 e. The van der Waals surface area contributed by atoms with E-state index in [1.807, 2.05) is 0 Å². The van der Waals surface area contributed by atoms with Gasteiger partial charge in [0, 0.05) is 28.2 Å². The minimum absolute atomic E-state index is 0.00610. The van der Waals surface area contributed by atoms with Gasteiger partial charge in [0.25, 0.3) is 6.71 Å². The molecule has 0 aliphatic carbocycles. The van der Waals surface area contributed by atoms with Crippen molar-refractivity contribution in [3.63, 3.8) is 0 Å². The number of hydrogen-bond donors (Lipinski definition) is 0. The first-order valence-corrected chi connectivity index (χ1v) is 17.4. The van der Waals surface area contributed by atoms with Gasteiger partial charge in [-0.3, -0.25) is 8.97 Å². The number of ether oxygens (including phenoxy) is 1. The lowest BCUT2D eigenvalue weighted by Crippen LogP contribution is -2.59. The van der Waals surface area contributed by atoms with Crippen molar-refractivity contribution in [1.82, 2.24) is 14.0 Å². The number of rotatable bonds is 4. The molecule has 0 saturated carbocycles.